The third kappa shape index (κ3) is 3.16. The predicted molar refractivity (Wildman–Crippen MR) is 83.7 cm³/mol. The monoisotopic (exact) mass is 312 g/mol. The number of nitrogens with zero attached hydrogens (tertiary/aromatic N) is 1. The summed E-state index contributed by atoms with van der Waals surface area (Å²) >= 11 is 0. The minimum absolute atomic E-state index is 0.107. The van der Waals surface area contributed by atoms with Gasteiger partial charge in [-0.05, 0) is 29.9 Å². The van der Waals surface area contributed by atoms with Crippen LogP contribution in [-0.2, 0) is 10.0 Å². The van der Waals surface area contributed by atoms with Crippen molar-refractivity contribution < 1.29 is 13.2 Å². The average Bonchev–Trinajstić information content (AvgIpc) is 2.88. The number of benzene rings is 1. The minimum atomic E-state index is -3.53. The Morgan fingerprint density at radius 1 is 1.33 bits per heavy atom. The number of methoxy groups -OCH3 is 1. The van der Waals surface area contributed by atoms with E-state index in [-0.39, 0.29) is 16.0 Å². The molecule has 1 heterocycles. The van der Waals surface area contributed by atoms with Crippen LogP contribution >= 0.6 is 0 Å². The highest BCUT2D eigenvalue weighted by Crippen LogP contribution is 2.37. The molecule has 2 rings (SSSR count). The summed E-state index contributed by atoms with van der Waals surface area (Å²) in [5, 5.41) is 0. The lowest BCUT2D eigenvalue weighted by atomic mass is 9.80. The van der Waals surface area contributed by atoms with E-state index in [0.29, 0.717) is 24.8 Å². The molecule has 1 aromatic rings. The van der Waals surface area contributed by atoms with Gasteiger partial charge in [-0.3, -0.25) is 0 Å². The van der Waals surface area contributed by atoms with Crippen LogP contribution in [0.4, 0.5) is 5.69 Å². The summed E-state index contributed by atoms with van der Waals surface area (Å²) in [6, 6.07) is 4.69. The molecule has 0 aliphatic carbocycles. The van der Waals surface area contributed by atoms with E-state index in [1.165, 1.54) is 13.2 Å². The van der Waals surface area contributed by atoms with E-state index < -0.39 is 10.0 Å². The van der Waals surface area contributed by atoms with Crippen molar-refractivity contribution in [2.24, 2.45) is 11.3 Å². The van der Waals surface area contributed by atoms with Crippen LogP contribution in [-0.4, -0.2) is 32.9 Å². The number of ether oxygens (including phenoxy) is 1. The van der Waals surface area contributed by atoms with Gasteiger partial charge in [0, 0.05) is 19.2 Å². The third-order valence-corrected chi connectivity index (χ3v) is 6.15. The quantitative estimate of drug-likeness (QED) is 0.870. The maximum Gasteiger partial charge on any atom is 0.245 e. The van der Waals surface area contributed by atoms with Crippen LogP contribution in [0.3, 0.4) is 0 Å². The minimum Gasteiger partial charge on any atom is -0.497 e. The standard InChI is InChI=1S/C15H24N2O3S/c1-15(2,3)11-7-8-17(10-11)21(18,19)14-6-5-12(20-4)9-13(14)16/h5-6,9,11H,7-8,10,16H2,1-4H3. The molecule has 1 atom stereocenters. The first-order valence-corrected chi connectivity index (χ1v) is 8.54. The average molecular weight is 312 g/mol. The number of hydrogen-bond acceptors (Lipinski definition) is 4. The lowest BCUT2D eigenvalue weighted by Gasteiger charge is -2.27. The van der Waals surface area contributed by atoms with Crippen LogP contribution in [0.1, 0.15) is 27.2 Å². The molecule has 21 heavy (non-hydrogen) atoms. The molecule has 118 valence electrons. The Morgan fingerprint density at radius 2 is 2.00 bits per heavy atom. The predicted octanol–water partition coefficient (Wildman–Crippen LogP) is 2.33. The molecule has 1 saturated heterocycles. The van der Waals surface area contributed by atoms with Gasteiger partial charge in [-0.25, -0.2) is 8.42 Å². The zero-order valence-corrected chi connectivity index (χ0v) is 13.9. The molecule has 2 N–H and O–H groups in total. The Labute approximate surface area is 127 Å². The molecule has 0 saturated carbocycles. The van der Waals surface area contributed by atoms with Crippen molar-refractivity contribution in [3.05, 3.63) is 18.2 Å². The highest BCUT2D eigenvalue weighted by Gasteiger charge is 2.38. The molecule has 1 unspecified atom stereocenters. The lowest BCUT2D eigenvalue weighted by molar-refractivity contribution is 0.252. The van der Waals surface area contributed by atoms with E-state index in [1.807, 2.05) is 0 Å². The molecule has 0 spiro atoms. The maximum atomic E-state index is 12.7. The zero-order valence-electron chi connectivity index (χ0n) is 13.1. The van der Waals surface area contributed by atoms with E-state index in [2.05, 4.69) is 20.8 Å². The third-order valence-electron chi connectivity index (χ3n) is 4.21. The maximum absolute atomic E-state index is 12.7. The second kappa shape index (κ2) is 5.50. The van der Waals surface area contributed by atoms with Gasteiger partial charge in [-0.2, -0.15) is 4.31 Å². The summed E-state index contributed by atoms with van der Waals surface area (Å²) in [5.74, 6) is 0.923. The van der Waals surface area contributed by atoms with Crippen molar-refractivity contribution in [3.63, 3.8) is 0 Å². The molecule has 0 bridgehead atoms. The number of nitrogens with two attached hydrogens (primary N) is 1. The molecule has 1 fully saturated rings. The van der Waals surface area contributed by atoms with E-state index >= 15 is 0 Å². The van der Waals surface area contributed by atoms with Crippen LogP contribution < -0.4 is 10.5 Å². The van der Waals surface area contributed by atoms with E-state index in [0.717, 1.165) is 6.42 Å². The number of sulfonamides is 1. The molecule has 1 aromatic carbocycles. The van der Waals surface area contributed by atoms with Gasteiger partial charge in [0.1, 0.15) is 10.6 Å². The SMILES string of the molecule is COc1ccc(S(=O)(=O)N2CCC(C(C)(C)C)C2)c(N)c1. The molecule has 5 nitrogen and oxygen atoms in total. The van der Waals surface area contributed by atoms with Crippen LogP contribution in [0.25, 0.3) is 0 Å². The number of anilines is 1. The van der Waals surface area contributed by atoms with Gasteiger partial charge in [-0.15, -0.1) is 0 Å². The summed E-state index contributed by atoms with van der Waals surface area (Å²) in [7, 11) is -2.01. The molecular weight excluding hydrogens is 288 g/mol. The molecule has 1 aliphatic heterocycles. The largest absolute Gasteiger partial charge is 0.497 e. The van der Waals surface area contributed by atoms with Gasteiger partial charge < -0.3 is 10.5 Å². The van der Waals surface area contributed by atoms with Crippen molar-refractivity contribution in [2.45, 2.75) is 32.1 Å². The van der Waals surface area contributed by atoms with Crippen molar-refractivity contribution in [1.29, 1.82) is 0 Å². The Kier molecular flexibility index (Phi) is 4.22. The summed E-state index contributed by atoms with van der Waals surface area (Å²) in [4.78, 5) is 0.165. The van der Waals surface area contributed by atoms with E-state index in [4.69, 9.17) is 10.5 Å². The Hall–Kier alpha value is -1.27. The first-order valence-electron chi connectivity index (χ1n) is 7.10. The van der Waals surface area contributed by atoms with Gasteiger partial charge in [0.05, 0.1) is 12.8 Å². The summed E-state index contributed by atoms with van der Waals surface area (Å²) in [5.41, 5.74) is 6.22. The van der Waals surface area contributed by atoms with Crippen LogP contribution in [0.5, 0.6) is 5.75 Å². The Balaban J connectivity index is 2.28. The van der Waals surface area contributed by atoms with E-state index in [1.54, 1.807) is 16.4 Å². The highest BCUT2D eigenvalue weighted by molar-refractivity contribution is 7.89. The zero-order chi connectivity index (χ0) is 15.8. The number of nitrogen functional groups attached to an aromatic ring is 1. The topological polar surface area (TPSA) is 72.6 Å². The number of rotatable bonds is 3. The molecule has 0 amide bonds. The first-order chi connectivity index (χ1) is 9.66. The van der Waals surface area contributed by atoms with Crippen LogP contribution in [0.2, 0.25) is 0 Å². The molecular formula is C15H24N2O3S. The Bertz CT molecular complexity index is 620. The molecule has 0 radical (unpaired) electrons. The lowest BCUT2D eigenvalue weighted by Crippen LogP contribution is -2.31. The first kappa shape index (κ1) is 16.1. The fourth-order valence-electron chi connectivity index (χ4n) is 2.68. The summed E-state index contributed by atoms with van der Waals surface area (Å²) < 4.78 is 32.1. The fraction of sp³-hybridized carbons (Fsp3) is 0.600. The molecule has 1 aliphatic rings. The second-order valence-electron chi connectivity index (χ2n) is 6.62. The van der Waals surface area contributed by atoms with Gasteiger partial charge >= 0.3 is 0 Å². The van der Waals surface area contributed by atoms with Crippen molar-refractivity contribution in [2.75, 3.05) is 25.9 Å². The second-order valence-corrected chi connectivity index (χ2v) is 8.52. The van der Waals surface area contributed by atoms with Gasteiger partial charge in [0.25, 0.3) is 0 Å². The smallest absolute Gasteiger partial charge is 0.245 e. The number of hydrogen-bond donors (Lipinski definition) is 1. The summed E-state index contributed by atoms with van der Waals surface area (Å²) in [6.07, 6.45) is 0.888. The highest BCUT2D eigenvalue weighted by atomic mass is 32.2. The van der Waals surface area contributed by atoms with Crippen molar-refractivity contribution >= 4 is 15.7 Å². The van der Waals surface area contributed by atoms with Crippen LogP contribution in [0.15, 0.2) is 23.1 Å². The van der Waals surface area contributed by atoms with Gasteiger partial charge in [-0.1, -0.05) is 20.8 Å². The van der Waals surface area contributed by atoms with Crippen LogP contribution in [0, 0.1) is 11.3 Å². The fourth-order valence-corrected chi connectivity index (χ4v) is 4.28. The summed E-state index contributed by atoms with van der Waals surface area (Å²) in [6.45, 7) is 7.55. The van der Waals surface area contributed by atoms with Crippen molar-refractivity contribution in [1.82, 2.24) is 4.31 Å². The van der Waals surface area contributed by atoms with Gasteiger partial charge in [0.15, 0.2) is 0 Å². The molecule has 0 aromatic heterocycles. The van der Waals surface area contributed by atoms with Gasteiger partial charge in [0.2, 0.25) is 10.0 Å². The molecule has 6 heteroatoms. The van der Waals surface area contributed by atoms with Crippen molar-refractivity contribution in [3.8, 4) is 5.75 Å². The normalized spacial score (nSPS) is 20.7. The van der Waals surface area contributed by atoms with E-state index in [9.17, 15) is 8.42 Å². The Morgan fingerprint density at radius 3 is 2.48 bits per heavy atom.